The van der Waals surface area contributed by atoms with Gasteiger partial charge in [-0.1, -0.05) is 6.42 Å². The summed E-state index contributed by atoms with van der Waals surface area (Å²) in [6, 6.07) is 0. The molecule has 5 heteroatoms. The zero-order valence-corrected chi connectivity index (χ0v) is 9.83. The van der Waals surface area contributed by atoms with Gasteiger partial charge in [-0.05, 0) is 31.6 Å². The van der Waals surface area contributed by atoms with Crippen molar-refractivity contribution in [1.82, 2.24) is 15.5 Å². The Bertz CT molecular complexity index is 432. The van der Waals surface area contributed by atoms with Gasteiger partial charge in [0.25, 0.3) is 5.91 Å². The zero-order valence-electron chi connectivity index (χ0n) is 9.83. The second kappa shape index (κ2) is 4.05. The van der Waals surface area contributed by atoms with E-state index in [9.17, 15) is 4.79 Å². The maximum absolute atomic E-state index is 11.9. The lowest BCUT2D eigenvalue weighted by atomic mass is 9.85. The van der Waals surface area contributed by atoms with E-state index in [4.69, 9.17) is 5.73 Å². The smallest absolute Gasteiger partial charge is 0.273 e. The number of H-pyrrole nitrogens is 1. The Morgan fingerprint density at radius 3 is 2.76 bits per heavy atom. The molecule has 0 aliphatic heterocycles. The van der Waals surface area contributed by atoms with Gasteiger partial charge >= 0.3 is 0 Å². The summed E-state index contributed by atoms with van der Waals surface area (Å²) < 4.78 is 0. The van der Waals surface area contributed by atoms with E-state index in [-0.39, 0.29) is 5.91 Å². The van der Waals surface area contributed by atoms with Crippen LogP contribution in [0.1, 0.15) is 54.2 Å². The average molecular weight is 234 g/mol. The molecule has 0 atom stereocenters. The largest absolute Gasteiger partial charge is 0.395 e. The molecule has 92 valence electrons. The number of anilines is 1. The third-order valence-corrected chi connectivity index (χ3v) is 3.81. The fourth-order valence-corrected chi connectivity index (χ4v) is 2.24. The number of hydrogen-bond donors (Lipinski definition) is 3. The number of rotatable bonds is 4. The number of aromatic nitrogens is 2. The van der Waals surface area contributed by atoms with E-state index in [0.29, 0.717) is 23.2 Å². The van der Waals surface area contributed by atoms with Crippen molar-refractivity contribution < 1.29 is 4.79 Å². The topological polar surface area (TPSA) is 83.8 Å². The van der Waals surface area contributed by atoms with E-state index < -0.39 is 0 Å². The average Bonchev–Trinajstić information content (AvgIpc) is 3.00. The minimum absolute atomic E-state index is 0.141. The molecule has 1 aromatic heterocycles. The molecule has 1 heterocycles. The molecule has 17 heavy (non-hydrogen) atoms. The summed E-state index contributed by atoms with van der Waals surface area (Å²) in [6.45, 7) is 0.754. The predicted molar refractivity (Wildman–Crippen MR) is 64.6 cm³/mol. The molecule has 0 unspecified atom stereocenters. The van der Waals surface area contributed by atoms with Crippen LogP contribution >= 0.6 is 0 Å². The van der Waals surface area contributed by atoms with Crippen LogP contribution in [0.3, 0.4) is 0 Å². The number of nitrogen functional groups attached to an aromatic ring is 1. The van der Waals surface area contributed by atoms with Gasteiger partial charge in [0.05, 0.1) is 11.4 Å². The number of aromatic amines is 1. The normalized spacial score (nSPS) is 20.0. The van der Waals surface area contributed by atoms with Crippen molar-refractivity contribution in [2.45, 2.75) is 38.0 Å². The summed E-state index contributed by atoms with van der Waals surface area (Å²) in [5, 5.41) is 9.85. The molecule has 0 bridgehead atoms. The number of carbonyl (C=O) groups excluding carboxylic acids is 1. The summed E-state index contributed by atoms with van der Waals surface area (Å²) in [6.07, 6.45) is 6.04. The van der Waals surface area contributed by atoms with Crippen molar-refractivity contribution in [1.29, 1.82) is 0 Å². The lowest BCUT2D eigenvalue weighted by molar-refractivity contribution is 0.0935. The third kappa shape index (κ3) is 2.01. The van der Waals surface area contributed by atoms with Gasteiger partial charge in [0.1, 0.15) is 0 Å². The molecule has 1 amide bonds. The number of hydrogen-bond acceptors (Lipinski definition) is 3. The van der Waals surface area contributed by atoms with Crippen molar-refractivity contribution in [3.05, 3.63) is 11.4 Å². The molecule has 0 saturated heterocycles. The standard InChI is InChI=1S/C12H18N4O/c13-9-10(8-4-5-8)15-16-11(9)12(17)14-6-7-2-1-3-7/h7-8H,1-6,13H2,(H,14,17)(H,15,16). The van der Waals surface area contributed by atoms with Gasteiger partial charge in [0.15, 0.2) is 5.69 Å². The van der Waals surface area contributed by atoms with E-state index in [1.165, 1.54) is 19.3 Å². The number of nitrogens with two attached hydrogens (primary N) is 1. The van der Waals surface area contributed by atoms with Gasteiger partial charge < -0.3 is 11.1 Å². The van der Waals surface area contributed by atoms with Gasteiger partial charge in [-0.15, -0.1) is 0 Å². The fourth-order valence-electron chi connectivity index (χ4n) is 2.24. The summed E-state index contributed by atoms with van der Waals surface area (Å²) >= 11 is 0. The molecular formula is C12H18N4O. The number of nitrogens with one attached hydrogen (secondary N) is 2. The highest BCUT2D eigenvalue weighted by Gasteiger charge is 2.30. The van der Waals surface area contributed by atoms with Crippen LogP contribution in [0.25, 0.3) is 0 Å². The Morgan fingerprint density at radius 1 is 1.41 bits per heavy atom. The quantitative estimate of drug-likeness (QED) is 0.736. The first kappa shape index (κ1) is 10.6. The molecule has 0 radical (unpaired) electrons. The summed E-state index contributed by atoms with van der Waals surface area (Å²) in [5.41, 5.74) is 7.79. The first-order valence-electron chi connectivity index (χ1n) is 6.37. The van der Waals surface area contributed by atoms with Crippen LogP contribution in [0.15, 0.2) is 0 Å². The molecule has 1 aromatic rings. The Morgan fingerprint density at radius 2 is 2.18 bits per heavy atom. The minimum Gasteiger partial charge on any atom is -0.395 e. The second-order valence-corrected chi connectivity index (χ2v) is 5.18. The molecule has 2 fully saturated rings. The van der Waals surface area contributed by atoms with Gasteiger partial charge in [0, 0.05) is 12.5 Å². The molecule has 0 aromatic carbocycles. The van der Waals surface area contributed by atoms with E-state index in [1.54, 1.807) is 0 Å². The molecule has 2 saturated carbocycles. The molecule has 2 aliphatic rings. The minimum atomic E-state index is -0.141. The number of nitrogens with zero attached hydrogens (tertiary/aromatic N) is 1. The molecule has 2 aliphatic carbocycles. The molecule has 3 rings (SSSR count). The van der Waals surface area contributed by atoms with Crippen LogP contribution in [0.2, 0.25) is 0 Å². The van der Waals surface area contributed by atoms with Gasteiger partial charge in [-0.2, -0.15) is 5.10 Å². The maximum Gasteiger partial charge on any atom is 0.273 e. The van der Waals surface area contributed by atoms with Crippen LogP contribution in [0, 0.1) is 5.92 Å². The highest BCUT2D eigenvalue weighted by atomic mass is 16.1. The van der Waals surface area contributed by atoms with Crippen molar-refractivity contribution in [2.75, 3.05) is 12.3 Å². The molecule has 5 nitrogen and oxygen atoms in total. The monoisotopic (exact) mass is 234 g/mol. The van der Waals surface area contributed by atoms with Crippen molar-refractivity contribution >= 4 is 11.6 Å². The fraction of sp³-hybridized carbons (Fsp3) is 0.667. The Kier molecular flexibility index (Phi) is 2.53. The van der Waals surface area contributed by atoms with E-state index in [1.807, 2.05) is 0 Å². The predicted octanol–water partition coefficient (Wildman–Crippen LogP) is 1.40. The van der Waals surface area contributed by atoms with Gasteiger partial charge in [0.2, 0.25) is 0 Å². The van der Waals surface area contributed by atoms with Crippen LogP contribution in [0.4, 0.5) is 5.69 Å². The lowest BCUT2D eigenvalue weighted by Gasteiger charge is -2.25. The van der Waals surface area contributed by atoms with E-state index >= 15 is 0 Å². The van der Waals surface area contributed by atoms with Crippen molar-refractivity contribution in [3.8, 4) is 0 Å². The number of amides is 1. The first-order valence-corrected chi connectivity index (χ1v) is 6.37. The van der Waals surface area contributed by atoms with Crippen LogP contribution in [0.5, 0.6) is 0 Å². The Hall–Kier alpha value is -1.52. The van der Waals surface area contributed by atoms with Crippen molar-refractivity contribution in [3.63, 3.8) is 0 Å². The van der Waals surface area contributed by atoms with Gasteiger partial charge in [-0.25, -0.2) is 0 Å². The van der Waals surface area contributed by atoms with E-state index in [2.05, 4.69) is 15.5 Å². The van der Waals surface area contributed by atoms with Crippen LogP contribution < -0.4 is 11.1 Å². The lowest BCUT2D eigenvalue weighted by Crippen LogP contribution is -2.32. The van der Waals surface area contributed by atoms with Gasteiger partial charge in [-0.3, -0.25) is 9.89 Å². The maximum atomic E-state index is 11.9. The molecule has 0 spiro atoms. The summed E-state index contributed by atoms with van der Waals surface area (Å²) in [7, 11) is 0. The van der Waals surface area contributed by atoms with Crippen LogP contribution in [-0.2, 0) is 0 Å². The van der Waals surface area contributed by atoms with Crippen molar-refractivity contribution in [2.24, 2.45) is 5.92 Å². The zero-order chi connectivity index (χ0) is 11.8. The second-order valence-electron chi connectivity index (χ2n) is 5.18. The SMILES string of the molecule is Nc1c(C(=O)NCC2CCC2)n[nH]c1C1CC1. The highest BCUT2D eigenvalue weighted by molar-refractivity contribution is 5.97. The Labute approximate surface area is 100 Å². The third-order valence-electron chi connectivity index (χ3n) is 3.81. The summed E-state index contributed by atoms with van der Waals surface area (Å²) in [5.74, 6) is 1.01. The van der Waals surface area contributed by atoms with E-state index in [0.717, 1.165) is 25.1 Å². The summed E-state index contributed by atoms with van der Waals surface area (Å²) in [4.78, 5) is 11.9. The first-order chi connectivity index (χ1) is 8.25. The molecule has 4 N–H and O–H groups in total. The molecular weight excluding hydrogens is 216 g/mol. The van der Waals surface area contributed by atoms with Crippen LogP contribution in [-0.4, -0.2) is 22.6 Å². The Balaban J connectivity index is 1.63. The highest BCUT2D eigenvalue weighted by Crippen LogP contribution is 2.42. The number of carbonyl (C=O) groups is 1.